The molecule has 1 N–H and O–H groups in total. The Bertz CT molecular complexity index is 230. The number of rotatable bonds is 5. The molecule has 0 amide bonds. The van der Waals surface area contributed by atoms with Crippen molar-refractivity contribution < 1.29 is 0 Å². The summed E-state index contributed by atoms with van der Waals surface area (Å²) in [7, 11) is 2.21. The Labute approximate surface area is 120 Å². The summed E-state index contributed by atoms with van der Waals surface area (Å²) < 4.78 is 0. The van der Waals surface area contributed by atoms with Crippen LogP contribution in [0.2, 0.25) is 0 Å². The van der Waals surface area contributed by atoms with Crippen LogP contribution in [0, 0.1) is 17.8 Å². The molecule has 2 rings (SSSR count). The maximum Gasteiger partial charge on any atom is 0.00950 e. The second kappa shape index (κ2) is 8.29. The zero-order valence-corrected chi connectivity index (χ0v) is 13.3. The topological polar surface area (TPSA) is 12.0 Å². The Hall–Kier alpha value is -0.0400. The Kier molecular flexibility index (Phi) is 6.70. The standard InChI is InChI=1S/C18H35N/c1-3-15-11-8-12-17(13-15)18(19-2)14-16-9-6-4-5-7-10-16/h15-19H,3-14H2,1-2H3. The van der Waals surface area contributed by atoms with E-state index in [1.165, 1.54) is 77.0 Å². The lowest BCUT2D eigenvalue weighted by Crippen LogP contribution is -2.38. The second-order valence-electron chi connectivity index (χ2n) is 7.19. The largest absolute Gasteiger partial charge is 0.317 e. The van der Waals surface area contributed by atoms with Gasteiger partial charge in [0.05, 0.1) is 0 Å². The van der Waals surface area contributed by atoms with E-state index < -0.39 is 0 Å². The molecule has 1 heteroatoms. The van der Waals surface area contributed by atoms with Gasteiger partial charge in [-0.1, -0.05) is 64.7 Å². The SMILES string of the molecule is CCC1CCCC(C(CC2CCCCCC2)NC)C1. The van der Waals surface area contributed by atoms with E-state index in [0.717, 1.165) is 23.8 Å². The number of hydrogen-bond donors (Lipinski definition) is 1. The summed E-state index contributed by atoms with van der Waals surface area (Å²) in [6.45, 7) is 2.38. The van der Waals surface area contributed by atoms with Crippen molar-refractivity contribution in [2.75, 3.05) is 7.05 Å². The van der Waals surface area contributed by atoms with Crippen LogP contribution in [0.15, 0.2) is 0 Å². The van der Waals surface area contributed by atoms with Gasteiger partial charge in [-0.25, -0.2) is 0 Å². The molecule has 0 spiro atoms. The Balaban J connectivity index is 1.84. The molecule has 2 aliphatic carbocycles. The van der Waals surface area contributed by atoms with Gasteiger partial charge in [0, 0.05) is 6.04 Å². The molecule has 0 aliphatic heterocycles. The van der Waals surface area contributed by atoms with Crippen LogP contribution in [0.4, 0.5) is 0 Å². The summed E-state index contributed by atoms with van der Waals surface area (Å²) in [5.74, 6) is 3.00. The first-order valence-electron chi connectivity index (χ1n) is 9.00. The van der Waals surface area contributed by atoms with E-state index in [1.807, 2.05) is 0 Å². The van der Waals surface area contributed by atoms with Crippen molar-refractivity contribution in [3.63, 3.8) is 0 Å². The van der Waals surface area contributed by atoms with Crippen molar-refractivity contribution in [2.45, 2.75) is 90.0 Å². The lowest BCUT2D eigenvalue weighted by atomic mass is 9.74. The van der Waals surface area contributed by atoms with E-state index in [0.29, 0.717) is 0 Å². The predicted molar refractivity (Wildman–Crippen MR) is 84.4 cm³/mol. The van der Waals surface area contributed by atoms with Crippen LogP contribution in [0.25, 0.3) is 0 Å². The third-order valence-electron chi connectivity index (χ3n) is 5.90. The maximum atomic E-state index is 3.68. The fourth-order valence-electron chi connectivity index (χ4n) is 4.57. The highest BCUT2D eigenvalue weighted by Crippen LogP contribution is 2.36. The van der Waals surface area contributed by atoms with Gasteiger partial charge in [-0.3, -0.25) is 0 Å². The molecule has 2 saturated carbocycles. The Morgan fingerprint density at radius 1 is 0.895 bits per heavy atom. The van der Waals surface area contributed by atoms with Crippen LogP contribution in [-0.4, -0.2) is 13.1 Å². The monoisotopic (exact) mass is 265 g/mol. The van der Waals surface area contributed by atoms with Gasteiger partial charge in [-0.05, 0) is 44.1 Å². The van der Waals surface area contributed by atoms with Gasteiger partial charge < -0.3 is 5.32 Å². The molecule has 112 valence electrons. The molecular weight excluding hydrogens is 230 g/mol. The van der Waals surface area contributed by atoms with Crippen LogP contribution < -0.4 is 5.32 Å². The van der Waals surface area contributed by atoms with E-state index in [1.54, 1.807) is 0 Å². The summed E-state index contributed by atoms with van der Waals surface area (Å²) in [6, 6.07) is 0.803. The van der Waals surface area contributed by atoms with Crippen molar-refractivity contribution in [3.05, 3.63) is 0 Å². The van der Waals surface area contributed by atoms with Crippen molar-refractivity contribution in [2.24, 2.45) is 17.8 Å². The third kappa shape index (κ3) is 4.77. The molecular formula is C18H35N. The van der Waals surface area contributed by atoms with Crippen molar-refractivity contribution in [1.82, 2.24) is 5.32 Å². The summed E-state index contributed by atoms with van der Waals surface area (Å²) >= 11 is 0. The molecule has 3 unspecified atom stereocenters. The summed E-state index contributed by atoms with van der Waals surface area (Å²) in [6.07, 6.45) is 17.8. The Morgan fingerprint density at radius 3 is 2.21 bits per heavy atom. The minimum absolute atomic E-state index is 0.803. The lowest BCUT2D eigenvalue weighted by molar-refractivity contribution is 0.189. The molecule has 0 heterocycles. The van der Waals surface area contributed by atoms with E-state index in [2.05, 4.69) is 19.3 Å². The maximum absolute atomic E-state index is 3.68. The van der Waals surface area contributed by atoms with Crippen LogP contribution in [0.3, 0.4) is 0 Å². The lowest BCUT2D eigenvalue weighted by Gasteiger charge is -2.36. The first-order valence-corrected chi connectivity index (χ1v) is 9.00. The van der Waals surface area contributed by atoms with Crippen LogP contribution in [0.5, 0.6) is 0 Å². The van der Waals surface area contributed by atoms with Crippen LogP contribution >= 0.6 is 0 Å². The zero-order chi connectivity index (χ0) is 13.5. The summed E-state index contributed by atoms with van der Waals surface area (Å²) in [5.41, 5.74) is 0. The average Bonchev–Trinajstić information content (AvgIpc) is 2.73. The van der Waals surface area contributed by atoms with E-state index in [-0.39, 0.29) is 0 Å². The average molecular weight is 265 g/mol. The first-order chi connectivity index (χ1) is 9.33. The van der Waals surface area contributed by atoms with Gasteiger partial charge in [-0.15, -0.1) is 0 Å². The smallest absolute Gasteiger partial charge is 0.00950 e. The molecule has 0 aromatic rings. The highest BCUT2D eigenvalue weighted by atomic mass is 14.9. The molecule has 0 bridgehead atoms. The highest BCUT2D eigenvalue weighted by molar-refractivity contribution is 4.83. The normalized spacial score (nSPS) is 31.9. The van der Waals surface area contributed by atoms with E-state index >= 15 is 0 Å². The first kappa shape index (κ1) is 15.4. The molecule has 0 saturated heterocycles. The van der Waals surface area contributed by atoms with Crippen molar-refractivity contribution >= 4 is 0 Å². The minimum Gasteiger partial charge on any atom is -0.317 e. The number of hydrogen-bond acceptors (Lipinski definition) is 1. The predicted octanol–water partition coefficient (Wildman–Crippen LogP) is 5.15. The molecule has 0 aromatic heterocycles. The number of nitrogens with one attached hydrogen (secondary N) is 1. The molecule has 2 fully saturated rings. The van der Waals surface area contributed by atoms with Crippen molar-refractivity contribution in [1.29, 1.82) is 0 Å². The van der Waals surface area contributed by atoms with Crippen LogP contribution in [0.1, 0.15) is 84.0 Å². The van der Waals surface area contributed by atoms with Crippen LogP contribution in [-0.2, 0) is 0 Å². The summed E-state index contributed by atoms with van der Waals surface area (Å²) in [4.78, 5) is 0. The quantitative estimate of drug-likeness (QED) is 0.678. The van der Waals surface area contributed by atoms with Gasteiger partial charge in [0.15, 0.2) is 0 Å². The highest BCUT2D eigenvalue weighted by Gasteiger charge is 2.28. The van der Waals surface area contributed by atoms with E-state index in [4.69, 9.17) is 0 Å². The van der Waals surface area contributed by atoms with Gasteiger partial charge in [0.25, 0.3) is 0 Å². The fraction of sp³-hybridized carbons (Fsp3) is 1.00. The van der Waals surface area contributed by atoms with E-state index in [9.17, 15) is 0 Å². The molecule has 3 atom stereocenters. The second-order valence-corrected chi connectivity index (χ2v) is 7.19. The van der Waals surface area contributed by atoms with Gasteiger partial charge in [0.2, 0.25) is 0 Å². The molecule has 19 heavy (non-hydrogen) atoms. The van der Waals surface area contributed by atoms with Gasteiger partial charge in [0.1, 0.15) is 0 Å². The van der Waals surface area contributed by atoms with Gasteiger partial charge in [-0.2, -0.15) is 0 Å². The van der Waals surface area contributed by atoms with Crippen molar-refractivity contribution in [3.8, 4) is 0 Å². The minimum atomic E-state index is 0.803. The third-order valence-corrected chi connectivity index (χ3v) is 5.90. The molecule has 0 aromatic carbocycles. The zero-order valence-electron chi connectivity index (χ0n) is 13.3. The molecule has 1 nitrogen and oxygen atoms in total. The van der Waals surface area contributed by atoms with Gasteiger partial charge >= 0.3 is 0 Å². The Morgan fingerprint density at radius 2 is 1.58 bits per heavy atom. The molecule has 2 aliphatic rings. The summed E-state index contributed by atoms with van der Waals surface area (Å²) in [5, 5.41) is 3.68. The molecule has 0 radical (unpaired) electrons. The fourth-order valence-corrected chi connectivity index (χ4v) is 4.57.